The van der Waals surface area contributed by atoms with E-state index < -0.39 is 17.5 Å². The number of nitrogens with zero attached hydrogens (tertiary/aromatic N) is 2. The van der Waals surface area contributed by atoms with Crippen LogP contribution in [0.25, 0.3) is 0 Å². The summed E-state index contributed by atoms with van der Waals surface area (Å²) in [6.45, 7) is 0. The van der Waals surface area contributed by atoms with E-state index in [1.165, 1.54) is 50.5 Å². The molecule has 0 bridgehead atoms. The standard InChI is InChI=1S/C19H17F3N2O4/c1-24(2)23-18(19(20,21)22)13(11-25)12-27-15-7-9-17(10-8-15)28-16-5-3-14(26)4-6-16/h3-12,26H,1-2H3/b13-12+,23-18+. The third-order valence-electron chi connectivity index (χ3n) is 3.19. The summed E-state index contributed by atoms with van der Waals surface area (Å²) in [5.41, 5.74) is -2.11. The molecular weight excluding hydrogens is 377 g/mol. The van der Waals surface area contributed by atoms with Gasteiger partial charge in [0.2, 0.25) is 0 Å². The monoisotopic (exact) mass is 394 g/mol. The molecule has 0 aliphatic carbocycles. The molecule has 6 nitrogen and oxygen atoms in total. The Balaban J connectivity index is 2.13. The summed E-state index contributed by atoms with van der Waals surface area (Å²) < 4.78 is 50.0. The molecule has 2 rings (SSSR count). The number of aldehydes is 1. The molecule has 0 unspecified atom stereocenters. The molecule has 0 radical (unpaired) electrons. The normalized spacial score (nSPS) is 12.5. The average molecular weight is 394 g/mol. The zero-order chi connectivity index (χ0) is 20.7. The maximum absolute atomic E-state index is 13.1. The molecule has 28 heavy (non-hydrogen) atoms. The molecule has 9 heteroatoms. The van der Waals surface area contributed by atoms with Gasteiger partial charge < -0.3 is 19.6 Å². The fourth-order valence-electron chi connectivity index (χ4n) is 1.99. The first-order valence-electron chi connectivity index (χ1n) is 7.91. The molecule has 0 atom stereocenters. The van der Waals surface area contributed by atoms with Crippen LogP contribution >= 0.6 is 0 Å². The maximum Gasteiger partial charge on any atom is 0.435 e. The van der Waals surface area contributed by atoms with Crippen LogP contribution in [-0.2, 0) is 4.79 Å². The van der Waals surface area contributed by atoms with Crippen LogP contribution in [0.1, 0.15) is 0 Å². The van der Waals surface area contributed by atoms with E-state index in [2.05, 4.69) is 5.10 Å². The van der Waals surface area contributed by atoms with Crippen molar-refractivity contribution in [1.29, 1.82) is 0 Å². The lowest BCUT2D eigenvalue weighted by atomic mass is 10.2. The zero-order valence-electron chi connectivity index (χ0n) is 15.0. The zero-order valence-corrected chi connectivity index (χ0v) is 15.0. The van der Waals surface area contributed by atoms with Gasteiger partial charge in [-0.2, -0.15) is 18.3 Å². The Kier molecular flexibility index (Phi) is 6.64. The predicted molar refractivity (Wildman–Crippen MR) is 96.6 cm³/mol. The van der Waals surface area contributed by atoms with Crippen molar-refractivity contribution in [2.75, 3.05) is 14.1 Å². The van der Waals surface area contributed by atoms with E-state index in [1.54, 1.807) is 12.1 Å². The molecule has 2 aromatic rings. The summed E-state index contributed by atoms with van der Waals surface area (Å²) in [6.07, 6.45) is -4.10. The lowest BCUT2D eigenvalue weighted by Crippen LogP contribution is -2.28. The van der Waals surface area contributed by atoms with Gasteiger partial charge in [0.15, 0.2) is 12.0 Å². The number of hydrazone groups is 1. The van der Waals surface area contributed by atoms with Crippen LogP contribution in [0, 0.1) is 0 Å². The smallest absolute Gasteiger partial charge is 0.435 e. The maximum atomic E-state index is 13.1. The van der Waals surface area contributed by atoms with Crippen LogP contribution in [0.5, 0.6) is 23.0 Å². The second-order valence-corrected chi connectivity index (χ2v) is 5.67. The Morgan fingerprint density at radius 3 is 1.96 bits per heavy atom. The molecule has 0 aromatic heterocycles. The van der Waals surface area contributed by atoms with Gasteiger partial charge in [0, 0.05) is 14.1 Å². The fourth-order valence-corrected chi connectivity index (χ4v) is 1.99. The van der Waals surface area contributed by atoms with E-state index >= 15 is 0 Å². The van der Waals surface area contributed by atoms with Gasteiger partial charge in [-0.15, -0.1) is 0 Å². The highest BCUT2D eigenvalue weighted by molar-refractivity contribution is 6.17. The minimum Gasteiger partial charge on any atom is -0.508 e. The summed E-state index contributed by atoms with van der Waals surface area (Å²) in [4.78, 5) is 11.1. The van der Waals surface area contributed by atoms with Crippen LogP contribution in [0.2, 0.25) is 0 Å². The Bertz CT molecular complexity index is 858. The van der Waals surface area contributed by atoms with Crippen molar-refractivity contribution >= 4 is 12.0 Å². The number of carbonyl (C=O) groups excluding carboxylic acids is 1. The van der Waals surface area contributed by atoms with Crippen molar-refractivity contribution in [2.45, 2.75) is 6.18 Å². The molecule has 0 fully saturated rings. The summed E-state index contributed by atoms with van der Waals surface area (Å²) in [5.74, 6) is 1.24. The number of aromatic hydroxyl groups is 1. The minimum atomic E-state index is -4.82. The van der Waals surface area contributed by atoms with Gasteiger partial charge in [0.25, 0.3) is 0 Å². The summed E-state index contributed by atoms with van der Waals surface area (Å²) in [5, 5.41) is 13.5. The van der Waals surface area contributed by atoms with Gasteiger partial charge in [0.1, 0.15) is 29.3 Å². The number of alkyl halides is 3. The average Bonchev–Trinajstić information content (AvgIpc) is 2.63. The Morgan fingerprint density at radius 2 is 1.50 bits per heavy atom. The molecular formula is C19H17F3N2O4. The predicted octanol–water partition coefficient (Wildman–Crippen LogP) is 4.13. The molecule has 2 aromatic carbocycles. The molecule has 0 saturated heterocycles. The molecule has 0 heterocycles. The van der Waals surface area contributed by atoms with E-state index in [4.69, 9.17) is 9.47 Å². The van der Waals surface area contributed by atoms with Gasteiger partial charge in [-0.3, -0.25) is 4.79 Å². The number of carbonyl (C=O) groups is 1. The molecule has 148 valence electrons. The number of allylic oxidation sites excluding steroid dienone is 1. The van der Waals surface area contributed by atoms with Crippen LogP contribution in [-0.4, -0.2) is 42.4 Å². The van der Waals surface area contributed by atoms with Crippen molar-refractivity contribution in [3.8, 4) is 23.0 Å². The van der Waals surface area contributed by atoms with E-state index in [-0.39, 0.29) is 17.8 Å². The molecule has 0 aliphatic rings. The third kappa shape index (κ3) is 6.04. The van der Waals surface area contributed by atoms with E-state index in [9.17, 15) is 23.1 Å². The molecule has 0 saturated carbocycles. The molecule has 0 amide bonds. The van der Waals surface area contributed by atoms with Gasteiger partial charge in [-0.05, 0) is 48.5 Å². The number of rotatable bonds is 7. The highest BCUT2D eigenvalue weighted by Gasteiger charge is 2.39. The Morgan fingerprint density at radius 1 is 1.00 bits per heavy atom. The van der Waals surface area contributed by atoms with Gasteiger partial charge in [0.05, 0.1) is 5.57 Å². The van der Waals surface area contributed by atoms with Crippen LogP contribution in [0.4, 0.5) is 13.2 Å². The first kappa shape index (κ1) is 20.8. The van der Waals surface area contributed by atoms with Gasteiger partial charge >= 0.3 is 6.18 Å². The van der Waals surface area contributed by atoms with Crippen molar-refractivity contribution in [3.63, 3.8) is 0 Å². The number of phenolic OH excluding ortho intramolecular Hbond substituents is 1. The lowest BCUT2D eigenvalue weighted by molar-refractivity contribution is -0.105. The Labute approximate surface area is 159 Å². The number of hydrogen-bond donors (Lipinski definition) is 1. The first-order valence-corrected chi connectivity index (χ1v) is 7.91. The summed E-state index contributed by atoms with van der Waals surface area (Å²) >= 11 is 0. The van der Waals surface area contributed by atoms with E-state index in [0.717, 1.165) is 5.01 Å². The second-order valence-electron chi connectivity index (χ2n) is 5.67. The highest BCUT2D eigenvalue weighted by atomic mass is 19.4. The Hall–Kier alpha value is -3.49. The SMILES string of the molecule is CN(C)/N=C(\C(C=O)=C\Oc1ccc(Oc2ccc(O)cc2)cc1)C(F)(F)F. The molecule has 0 spiro atoms. The first-order chi connectivity index (χ1) is 13.2. The van der Waals surface area contributed by atoms with Crippen molar-refractivity contribution < 1.29 is 32.5 Å². The molecule has 1 N–H and O–H groups in total. The summed E-state index contributed by atoms with van der Waals surface area (Å²) in [7, 11) is 2.61. The van der Waals surface area contributed by atoms with Crippen molar-refractivity contribution in [1.82, 2.24) is 5.01 Å². The lowest BCUT2D eigenvalue weighted by Gasteiger charge is -2.13. The number of halogens is 3. The number of phenols is 1. The van der Waals surface area contributed by atoms with E-state index in [1.807, 2.05) is 0 Å². The fraction of sp³-hybridized carbons (Fsp3) is 0.158. The minimum absolute atomic E-state index is 0.0259. The van der Waals surface area contributed by atoms with Crippen LogP contribution < -0.4 is 9.47 Å². The topological polar surface area (TPSA) is 71.4 Å². The quantitative estimate of drug-likeness (QED) is 0.251. The van der Waals surface area contributed by atoms with Crippen LogP contribution in [0.3, 0.4) is 0 Å². The van der Waals surface area contributed by atoms with Crippen LogP contribution in [0.15, 0.2) is 65.5 Å². The van der Waals surface area contributed by atoms with Crippen molar-refractivity contribution in [2.24, 2.45) is 5.10 Å². The third-order valence-corrected chi connectivity index (χ3v) is 3.19. The van der Waals surface area contributed by atoms with E-state index in [0.29, 0.717) is 17.8 Å². The largest absolute Gasteiger partial charge is 0.508 e. The van der Waals surface area contributed by atoms with Gasteiger partial charge in [-0.25, -0.2) is 0 Å². The number of hydrogen-bond acceptors (Lipinski definition) is 6. The van der Waals surface area contributed by atoms with Crippen molar-refractivity contribution in [3.05, 3.63) is 60.4 Å². The number of ether oxygens (including phenoxy) is 2. The van der Waals surface area contributed by atoms with Gasteiger partial charge in [-0.1, -0.05) is 0 Å². The second kappa shape index (κ2) is 8.94. The number of benzene rings is 2. The summed E-state index contributed by atoms with van der Waals surface area (Å²) in [6, 6.07) is 12.1. The highest BCUT2D eigenvalue weighted by Crippen LogP contribution is 2.26. The molecule has 0 aliphatic heterocycles.